The van der Waals surface area contributed by atoms with Gasteiger partial charge in [0.1, 0.15) is 11.5 Å². The number of nitrogens with zero attached hydrogens (tertiary/aromatic N) is 1. The van der Waals surface area contributed by atoms with Gasteiger partial charge in [-0.15, -0.1) is 0 Å². The molecule has 0 saturated heterocycles. The van der Waals surface area contributed by atoms with E-state index in [1.807, 2.05) is 24.3 Å². The van der Waals surface area contributed by atoms with Crippen LogP contribution >= 0.6 is 0 Å². The van der Waals surface area contributed by atoms with Gasteiger partial charge < -0.3 is 10.1 Å². The second-order valence-corrected chi connectivity index (χ2v) is 4.65. The Labute approximate surface area is 112 Å². The predicted molar refractivity (Wildman–Crippen MR) is 74.3 cm³/mol. The Bertz CT molecular complexity index is 570. The first-order chi connectivity index (χ1) is 9.11. The Morgan fingerprint density at radius 3 is 2.58 bits per heavy atom. The lowest BCUT2D eigenvalue weighted by Gasteiger charge is -2.02. The van der Waals surface area contributed by atoms with Crippen molar-refractivity contribution in [2.24, 2.45) is 0 Å². The highest BCUT2D eigenvalue weighted by atomic mass is 16.4. The third-order valence-electron chi connectivity index (χ3n) is 3.08. The van der Waals surface area contributed by atoms with E-state index >= 15 is 0 Å². The van der Waals surface area contributed by atoms with Crippen molar-refractivity contribution in [3.8, 4) is 11.3 Å². The molecule has 0 saturated carbocycles. The summed E-state index contributed by atoms with van der Waals surface area (Å²) in [5, 5.41) is 9.14. The number of rotatable bonds is 5. The molecule has 1 aromatic carbocycles. The van der Waals surface area contributed by atoms with Gasteiger partial charge in [0, 0.05) is 5.56 Å². The molecule has 0 radical (unpaired) electrons. The maximum atomic E-state index is 11.1. The van der Waals surface area contributed by atoms with E-state index in [0.717, 1.165) is 12.0 Å². The molecule has 1 heterocycles. The number of aromatic nitrogens is 2. The molecule has 0 amide bonds. The zero-order valence-electron chi connectivity index (χ0n) is 11.2. The number of aromatic amines is 1. The van der Waals surface area contributed by atoms with Crippen LogP contribution in [0.25, 0.3) is 11.3 Å². The van der Waals surface area contributed by atoms with E-state index in [-0.39, 0.29) is 5.69 Å². The Balaban J connectivity index is 2.29. The number of imidazole rings is 1. The summed E-state index contributed by atoms with van der Waals surface area (Å²) in [5.74, 6) is -0.367. The summed E-state index contributed by atoms with van der Waals surface area (Å²) in [4.78, 5) is 18.2. The molecule has 0 fully saturated rings. The first-order valence-electron chi connectivity index (χ1n) is 6.51. The van der Waals surface area contributed by atoms with Crippen LogP contribution < -0.4 is 0 Å². The molecule has 100 valence electrons. The molecule has 0 bridgehead atoms. The largest absolute Gasteiger partial charge is 0.477 e. The summed E-state index contributed by atoms with van der Waals surface area (Å²) in [5.41, 5.74) is 2.77. The highest BCUT2D eigenvalue weighted by Crippen LogP contribution is 2.22. The van der Waals surface area contributed by atoms with E-state index in [4.69, 9.17) is 5.11 Å². The van der Waals surface area contributed by atoms with Gasteiger partial charge in [-0.05, 0) is 25.3 Å². The lowest BCUT2D eigenvalue weighted by atomic mass is 10.0. The topological polar surface area (TPSA) is 66.0 Å². The summed E-state index contributed by atoms with van der Waals surface area (Å²) >= 11 is 0. The third kappa shape index (κ3) is 3.02. The second-order valence-electron chi connectivity index (χ2n) is 4.65. The molecule has 4 nitrogen and oxygen atoms in total. The Kier molecular flexibility index (Phi) is 4.00. The van der Waals surface area contributed by atoms with Crippen LogP contribution in [0.5, 0.6) is 0 Å². The fourth-order valence-corrected chi connectivity index (χ4v) is 2.07. The molecule has 0 unspecified atom stereocenters. The lowest BCUT2D eigenvalue weighted by molar-refractivity contribution is 0.0692. The maximum absolute atomic E-state index is 11.1. The van der Waals surface area contributed by atoms with Gasteiger partial charge in [0.2, 0.25) is 0 Å². The number of carboxylic acid groups (broad SMARTS) is 1. The van der Waals surface area contributed by atoms with Crippen molar-refractivity contribution in [3.63, 3.8) is 0 Å². The van der Waals surface area contributed by atoms with Gasteiger partial charge in [-0.1, -0.05) is 37.6 Å². The van der Waals surface area contributed by atoms with Crippen molar-refractivity contribution in [3.05, 3.63) is 41.3 Å². The lowest BCUT2D eigenvalue weighted by Crippen LogP contribution is -1.99. The standard InChI is InChI=1S/C15H18N2O2/c1-3-4-5-11-6-8-12(9-7-11)13-14(15(18)19)17-10(2)16-13/h6-9H,3-5H2,1-2H3,(H,16,17)(H,18,19). The highest BCUT2D eigenvalue weighted by Gasteiger charge is 2.16. The minimum Gasteiger partial charge on any atom is -0.477 e. The van der Waals surface area contributed by atoms with Gasteiger partial charge in [-0.2, -0.15) is 0 Å². The number of aryl methyl sites for hydroxylation is 2. The Morgan fingerprint density at radius 2 is 2.00 bits per heavy atom. The summed E-state index contributed by atoms with van der Waals surface area (Å²) in [7, 11) is 0. The van der Waals surface area contributed by atoms with Crippen molar-refractivity contribution in [2.45, 2.75) is 33.1 Å². The molecule has 0 aliphatic carbocycles. The average Bonchev–Trinajstić information content (AvgIpc) is 2.79. The van der Waals surface area contributed by atoms with Gasteiger partial charge in [0.25, 0.3) is 0 Å². The summed E-state index contributed by atoms with van der Waals surface area (Å²) < 4.78 is 0. The molecule has 1 aromatic heterocycles. The monoisotopic (exact) mass is 258 g/mol. The first kappa shape index (κ1) is 13.3. The summed E-state index contributed by atoms with van der Waals surface area (Å²) in [6, 6.07) is 7.96. The van der Waals surface area contributed by atoms with Gasteiger partial charge in [-0.3, -0.25) is 0 Å². The molecular formula is C15H18N2O2. The fourth-order valence-electron chi connectivity index (χ4n) is 2.07. The molecule has 2 aromatic rings. The van der Waals surface area contributed by atoms with Crippen molar-refractivity contribution >= 4 is 5.97 Å². The number of carboxylic acids is 1. The minimum absolute atomic E-state index is 0.152. The zero-order valence-corrected chi connectivity index (χ0v) is 11.2. The zero-order chi connectivity index (χ0) is 13.8. The van der Waals surface area contributed by atoms with E-state index < -0.39 is 5.97 Å². The minimum atomic E-state index is -0.981. The van der Waals surface area contributed by atoms with Crippen LogP contribution in [0.4, 0.5) is 0 Å². The molecule has 19 heavy (non-hydrogen) atoms. The van der Waals surface area contributed by atoms with E-state index in [2.05, 4.69) is 16.9 Å². The van der Waals surface area contributed by atoms with Crippen molar-refractivity contribution in [1.82, 2.24) is 9.97 Å². The summed E-state index contributed by atoms with van der Waals surface area (Å²) in [6.45, 7) is 3.92. The van der Waals surface area contributed by atoms with Crippen molar-refractivity contribution in [2.75, 3.05) is 0 Å². The van der Waals surface area contributed by atoms with Crippen LogP contribution in [0.15, 0.2) is 24.3 Å². The van der Waals surface area contributed by atoms with E-state index in [1.54, 1.807) is 6.92 Å². The van der Waals surface area contributed by atoms with Crippen LogP contribution in [-0.2, 0) is 6.42 Å². The van der Waals surface area contributed by atoms with Gasteiger partial charge in [-0.25, -0.2) is 9.78 Å². The number of aromatic carboxylic acids is 1. The predicted octanol–water partition coefficient (Wildman–Crippen LogP) is 3.43. The second kappa shape index (κ2) is 5.69. The fraction of sp³-hybridized carbons (Fsp3) is 0.333. The number of nitrogens with one attached hydrogen (secondary N) is 1. The van der Waals surface area contributed by atoms with Crippen LogP contribution in [0.2, 0.25) is 0 Å². The number of H-pyrrole nitrogens is 1. The van der Waals surface area contributed by atoms with Crippen LogP contribution in [0, 0.1) is 6.92 Å². The van der Waals surface area contributed by atoms with Crippen LogP contribution in [0.1, 0.15) is 41.6 Å². The number of carbonyl (C=O) groups is 1. The van der Waals surface area contributed by atoms with Crippen LogP contribution in [0.3, 0.4) is 0 Å². The Morgan fingerprint density at radius 1 is 1.32 bits per heavy atom. The van der Waals surface area contributed by atoms with E-state index in [9.17, 15) is 4.79 Å². The summed E-state index contributed by atoms with van der Waals surface area (Å²) in [6.07, 6.45) is 3.40. The van der Waals surface area contributed by atoms with Gasteiger partial charge >= 0.3 is 5.97 Å². The molecule has 0 spiro atoms. The first-order valence-corrected chi connectivity index (χ1v) is 6.51. The Hall–Kier alpha value is -2.10. The van der Waals surface area contributed by atoms with Gasteiger partial charge in [0.05, 0.1) is 0 Å². The SMILES string of the molecule is CCCCc1ccc(-c2nc(C)[nH]c2C(=O)O)cc1. The quantitative estimate of drug-likeness (QED) is 0.863. The molecule has 2 rings (SSSR count). The molecule has 0 aliphatic heterocycles. The smallest absolute Gasteiger partial charge is 0.354 e. The number of hydrogen-bond donors (Lipinski definition) is 2. The van der Waals surface area contributed by atoms with Crippen molar-refractivity contribution in [1.29, 1.82) is 0 Å². The average molecular weight is 258 g/mol. The molecular weight excluding hydrogens is 240 g/mol. The normalized spacial score (nSPS) is 10.6. The number of benzene rings is 1. The molecule has 0 aliphatic rings. The highest BCUT2D eigenvalue weighted by molar-refractivity contribution is 5.92. The third-order valence-corrected chi connectivity index (χ3v) is 3.08. The van der Waals surface area contributed by atoms with Gasteiger partial charge in [0.15, 0.2) is 5.69 Å². The number of unbranched alkanes of at least 4 members (excludes halogenated alkanes) is 1. The maximum Gasteiger partial charge on any atom is 0.354 e. The molecule has 2 N–H and O–H groups in total. The number of hydrogen-bond acceptors (Lipinski definition) is 2. The van der Waals surface area contributed by atoms with E-state index in [0.29, 0.717) is 11.5 Å². The molecule has 0 atom stereocenters. The molecule has 4 heteroatoms. The van der Waals surface area contributed by atoms with Crippen LogP contribution in [-0.4, -0.2) is 21.0 Å². The van der Waals surface area contributed by atoms with E-state index in [1.165, 1.54) is 18.4 Å². The van der Waals surface area contributed by atoms with Crippen molar-refractivity contribution < 1.29 is 9.90 Å².